The van der Waals surface area contributed by atoms with Crippen LogP contribution in [0.3, 0.4) is 0 Å². The van der Waals surface area contributed by atoms with Crippen molar-refractivity contribution in [3.63, 3.8) is 0 Å². The molecule has 0 aliphatic carbocycles. The number of hydrogen-bond donors (Lipinski definition) is 1. The SMILES string of the molecule is CCCN(CCC)C(=O)CC1NCCN(Cc2ccccc2F)C1=O. The summed E-state index contributed by atoms with van der Waals surface area (Å²) < 4.78 is 13.8. The second-order valence-corrected chi connectivity index (χ2v) is 6.44. The zero-order valence-electron chi connectivity index (χ0n) is 15.1. The molecular formula is C19H28FN3O2. The number of rotatable bonds is 8. The van der Waals surface area contributed by atoms with E-state index in [2.05, 4.69) is 5.32 Å². The van der Waals surface area contributed by atoms with E-state index in [-0.39, 0.29) is 30.6 Å². The first kappa shape index (κ1) is 19.4. The zero-order valence-corrected chi connectivity index (χ0v) is 15.1. The number of halogens is 1. The van der Waals surface area contributed by atoms with Crippen LogP contribution in [0.1, 0.15) is 38.7 Å². The van der Waals surface area contributed by atoms with Gasteiger partial charge in [-0.05, 0) is 18.9 Å². The molecule has 5 nitrogen and oxygen atoms in total. The van der Waals surface area contributed by atoms with E-state index in [1.165, 1.54) is 6.07 Å². The highest BCUT2D eigenvalue weighted by Crippen LogP contribution is 2.14. The quantitative estimate of drug-likeness (QED) is 0.783. The van der Waals surface area contributed by atoms with Crippen molar-refractivity contribution in [1.82, 2.24) is 15.1 Å². The Morgan fingerprint density at radius 2 is 1.96 bits per heavy atom. The van der Waals surface area contributed by atoms with Gasteiger partial charge in [0.15, 0.2) is 0 Å². The summed E-state index contributed by atoms with van der Waals surface area (Å²) in [7, 11) is 0. The molecular weight excluding hydrogens is 321 g/mol. The van der Waals surface area contributed by atoms with Crippen LogP contribution in [-0.2, 0) is 16.1 Å². The molecule has 0 radical (unpaired) electrons. The van der Waals surface area contributed by atoms with Gasteiger partial charge in [-0.15, -0.1) is 0 Å². The molecule has 1 heterocycles. The van der Waals surface area contributed by atoms with Gasteiger partial charge in [0.05, 0.1) is 12.5 Å². The summed E-state index contributed by atoms with van der Waals surface area (Å²) in [5.74, 6) is -0.434. The number of nitrogens with zero attached hydrogens (tertiary/aromatic N) is 2. The summed E-state index contributed by atoms with van der Waals surface area (Å²) in [6.45, 7) is 6.88. The van der Waals surface area contributed by atoms with Crippen LogP contribution in [-0.4, -0.2) is 53.8 Å². The van der Waals surface area contributed by atoms with E-state index in [4.69, 9.17) is 0 Å². The average molecular weight is 349 g/mol. The molecule has 25 heavy (non-hydrogen) atoms. The van der Waals surface area contributed by atoms with Crippen LogP contribution in [0.15, 0.2) is 24.3 Å². The van der Waals surface area contributed by atoms with Gasteiger partial charge in [0.1, 0.15) is 5.82 Å². The van der Waals surface area contributed by atoms with Gasteiger partial charge < -0.3 is 15.1 Å². The molecule has 2 amide bonds. The van der Waals surface area contributed by atoms with Crippen LogP contribution in [0.25, 0.3) is 0 Å². The molecule has 0 aromatic heterocycles. The summed E-state index contributed by atoms with van der Waals surface area (Å²) in [5, 5.41) is 3.14. The molecule has 0 bridgehead atoms. The van der Waals surface area contributed by atoms with Crippen LogP contribution >= 0.6 is 0 Å². The third-order valence-corrected chi connectivity index (χ3v) is 4.42. The second kappa shape index (κ2) is 9.51. The molecule has 1 atom stereocenters. The lowest BCUT2D eigenvalue weighted by atomic mass is 10.1. The van der Waals surface area contributed by atoms with Gasteiger partial charge in [0, 0.05) is 38.3 Å². The predicted octanol–water partition coefficient (Wildman–Crippen LogP) is 2.16. The molecule has 1 unspecified atom stereocenters. The minimum absolute atomic E-state index is 0.00212. The first-order chi connectivity index (χ1) is 12.1. The average Bonchev–Trinajstić information content (AvgIpc) is 2.60. The van der Waals surface area contributed by atoms with Gasteiger partial charge in [-0.1, -0.05) is 32.0 Å². The number of carbonyl (C=O) groups excluding carboxylic acids is 2. The van der Waals surface area contributed by atoms with Gasteiger partial charge in [-0.3, -0.25) is 9.59 Å². The normalized spacial score (nSPS) is 17.6. The Morgan fingerprint density at radius 3 is 2.60 bits per heavy atom. The number of benzene rings is 1. The monoisotopic (exact) mass is 349 g/mol. The fraction of sp³-hybridized carbons (Fsp3) is 0.579. The molecule has 1 aliphatic rings. The van der Waals surface area contributed by atoms with Gasteiger partial charge >= 0.3 is 0 Å². The minimum Gasteiger partial charge on any atom is -0.343 e. The second-order valence-electron chi connectivity index (χ2n) is 6.44. The van der Waals surface area contributed by atoms with E-state index in [0.717, 1.165) is 12.8 Å². The number of carbonyl (C=O) groups is 2. The highest BCUT2D eigenvalue weighted by Gasteiger charge is 2.31. The smallest absolute Gasteiger partial charge is 0.240 e. The number of piperazine rings is 1. The Labute approximate surface area is 149 Å². The topological polar surface area (TPSA) is 52.7 Å². The Kier molecular flexibility index (Phi) is 7.37. The largest absolute Gasteiger partial charge is 0.343 e. The van der Waals surface area contributed by atoms with Crippen LogP contribution in [0, 0.1) is 5.82 Å². The molecule has 1 aromatic rings. The number of nitrogens with one attached hydrogen (secondary N) is 1. The van der Waals surface area contributed by atoms with Gasteiger partial charge in [0.25, 0.3) is 0 Å². The first-order valence-corrected chi connectivity index (χ1v) is 9.10. The highest BCUT2D eigenvalue weighted by atomic mass is 19.1. The Hall–Kier alpha value is -1.95. The number of hydrogen-bond acceptors (Lipinski definition) is 3. The molecule has 1 saturated heterocycles. The van der Waals surface area contributed by atoms with Crippen molar-refractivity contribution in [3.05, 3.63) is 35.6 Å². The van der Waals surface area contributed by atoms with E-state index in [1.54, 1.807) is 23.1 Å². The lowest BCUT2D eigenvalue weighted by molar-refractivity contribution is -0.141. The molecule has 138 valence electrons. The van der Waals surface area contributed by atoms with E-state index in [1.807, 2.05) is 18.7 Å². The lowest BCUT2D eigenvalue weighted by Crippen LogP contribution is -2.56. The van der Waals surface area contributed by atoms with E-state index < -0.39 is 6.04 Å². The van der Waals surface area contributed by atoms with Crippen molar-refractivity contribution in [2.24, 2.45) is 0 Å². The summed E-state index contributed by atoms with van der Waals surface area (Å²) in [5.41, 5.74) is 0.501. The van der Waals surface area contributed by atoms with E-state index >= 15 is 0 Å². The fourth-order valence-corrected chi connectivity index (χ4v) is 3.15. The van der Waals surface area contributed by atoms with Crippen molar-refractivity contribution in [2.75, 3.05) is 26.2 Å². The summed E-state index contributed by atoms with van der Waals surface area (Å²) in [6, 6.07) is 5.96. The van der Waals surface area contributed by atoms with Crippen LogP contribution in [0.2, 0.25) is 0 Å². The number of amides is 2. The fourth-order valence-electron chi connectivity index (χ4n) is 3.15. The molecule has 1 N–H and O–H groups in total. The maximum atomic E-state index is 13.8. The van der Waals surface area contributed by atoms with E-state index in [9.17, 15) is 14.0 Å². The van der Waals surface area contributed by atoms with Crippen LogP contribution in [0.5, 0.6) is 0 Å². The molecule has 2 rings (SSSR count). The molecule has 1 fully saturated rings. The minimum atomic E-state index is -0.524. The van der Waals surface area contributed by atoms with Crippen molar-refractivity contribution >= 4 is 11.8 Å². The lowest BCUT2D eigenvalue weighted by Gasteiger charge is -2.34. The van der Waals surface area contributed by atoms with Crippen molar-refractivity contribution in [1.29, 1.82) is 0 Å². The standard InChI is InChI=1S/C19H28FN3O2/c1-3-10-22(11-4-2)18(24)13-17-19(25)23(12-9-21-17)14-15-7-5-6-8-16(15)20/h5-8,17,21H,3-4,9-14H2,1-2H3. The van der Waals surface area contributed by atoms with Crippen molar-refractivity contribution in [3.8, 4) is 0 Å². The Balaban J connectivity index is 1.99. The Bertz CT molecular complexity index is 588. The molecule has 1 aliphatic heterocycles. The van der Waals surface area contributed by atoms with Crippen LogP contribution < -0.4 is 5.32 Å². The molecule has 6 heteroatoms. The molecule has 1 aromatic carbocycles. The predicted molar refractivity (Wildman–Crippen MR) is 95.4 cm³/mol. The summed E-state index contributed by atoms with van der Waals surface area (Å²) in [6.07, 6.45) is 1.96. The Morgan fingerprint density at radius 1 is 1.28 bits per heavy atom. The van der Waals surface area contributed by atoms with Gasteiger partial charge in [-0.25, -0.2) is 4.39 Å². The van der Waals surface area contributed by atoms with Crippen LogP contribution in [0.4, 0.5) is 4.39 Å². The van der Waals surface area contributed by atoms with E-state index in [0.29, 0.717) is 31.7 Å². The van der Waals surface area contributed by atoms with Crippen molar-refractivity contribution < 1.29 is 14.0 Å². The molecule has 0 saturated carbocycles. The maximum Gasteiger partial charge on any atom is 0.240 e. The summed E-state index contributed by atoms with van der Waals surface area (Å²) >= 11 is 0. The van der Waals surface area contributed by atoms with Gasteiger partial charge in [0.2, 0.25) is 11.8 Å². The highest BCUT2D eigenvalue weighted by molar-refractivity contribution is 5.89. The molecule has 0 spiro atoms. The summed E-state index contributed by atoms with van der Waals surface area (Å²) in [4.78, 5) is 28.7. The third kappa shape index (κ3) is 5.26. The maximum absolute atomic E-state index is 13.8. The zero-order chi connectivity index (χ0) is 18.2. The first-order valence-electron chi connectivity index (χ1n) is 9.10. The third-order valence-electron chi connectivity index (χ3n) is 4.42. The van der Waals surface area contributed by atoms with Gasteiger partial charge in [-0.2, -0.15) is 0 Å². The van der Waals surface area contributed by atoms with Crippen molar-refractivity contribution in [2.45, 2.75) is 45.7 Å².